The van der Waals surface area contributed by atoms with Crippen LogP contribution in [-0.4, -0.2) is 4.98 Å². The summed E-state index contributed by atoms with van der Waals surface area (Å²) in [6.45, 7) is 0. The number of hydrogen-bond donors (Lipinski definition) is 1. The van der Waals surface area contributed by atoms with Gasteiger partial charge in [0.05, 0.1) is 0 Å². The number of pyridine rings is 1. The number of H-pyrrole nitrogens is 1. The molecule has 4 heteroatoms. The largest absolute Gasteiger partial charge is 0.321 e. The smallest absolute Gasteiger partial charge is 0.266 e. The standard InChI is InChI=1S/C18H11ClN2O/c19-14-8-6-13(7-9-14)17-10-15(12-4-2-1-3-5-12)16(11-20)18(22)21-17/h1-10H,(H,21,22). The van der Waals surface area contributed by atoms with Crippen molar-refractivity contribution < 1.29 is 0 Å². The summed E-state index contributed by atoms with van der Waals surface area (Å²) < 4.78 is 0. The van der Waals surface area contributed by atoms with Gasteiger partial charge in [0, 0.05) is 16.3 Å². The first-order valence-corrected chi connectivity index (χ1v) is 7.05. The minimum Gasteiger partial charge on any atom is -0.321 e. The molecule has 0 radical (unpaired) electrons. The van der Waals surface area contributed by atoms with Crippen molar-refractivity contribution in [3.8, 4) is 28.5 Å². The predicted molar refractivity (Wildman–Crippen MR) is 87.7 cm³/mol. The molecule has 3 aromatic rings. The Morgan fingerprint density at radius 1 is 0.955 bits per heavy atom. The lowest BCUT2D eigenvalue weighted by Gasteiger charge is -2.08. The second kappa shape index (κ2) is 5.88. The van der Waals surface area contributed by atoms with E-state index in [4.69, 9.17) is 11.6 Å². The molecule has 3 nitrogen and oxygen atoms in total. The fourth-order valence-electron chi connectivity index (χ4n) is 2.30. The number of nitrogens with zero attached hydrogens (tertiary/aromatic N) is 1. The molecule has 0 aliphatic heterocycles. The Labute approximate surface area is 132 Å². The van der Waals surface area contributed by atoms with Crippen molar-refractivity contribution in [1.29, 1.82) is 5.26 Å². The number of benzene rings is 2. The van der Waals surface area contributed by atoms with Gasteiger partial charge in [-0.25, -0.2) is 0 Å². The van der Waals surface area contributed by atoms with E-state index in [0.717, 1.165) is 11.1 Å². The lowest BCUT2D eigenvalue weighted by Crippen LogP contribution is -2.12. The first-order valence-electron chi connectivity index (χ1n) is 6.68. The zero-order chi connectivity index (χ0) is 15.5. The summed E-state index contributed by atoms with van der Waals surface area (Å²) >= 11 is 5.89. The molecule has 0 saturated heterocycles. The third-order valence-corrected chi connectivity index (χ3v) is 3.64. The van der Waals surface area contributed by atoms with E-state index in [-0.39, 0.29) is 5.56 Å². The molecule has 0 amide bonds. The number of halogens is 1. The van der Waals surface area contributed by atoms with Crippen LogP contribution in [0.1, 0.15) is 5.56 Å². The first kappa shape index (κ1) is 14.1. The molecule has 3 rings (SSSR count). The van der Waals surface area contributed by atoms with Crippen LogP contribution in [-0.2, 0) is 0 Å². The number of nitriles is 1. The molecule has 1 N–H and O–H groups in total. The number of hydrogen-bond acceptors (Lipinski definition) is 2. The van der Waals surface area contributed by atoms with Crippen LogP contribution < -0.4 is 5.56 Å². The third-order valence-electron chi connectivity index (χ3n) is 3.39. The molecule has 0 bridgehead atoms. The maximum atomic E-state index is 12.2. The van der Waals surface area contributed by atoms with Crippen molar-refractivity contribution in [1.82, 2.24) is 4.98 Å². The summed E-state index contributed by atoms with van der Waals surface area (Å²) in [6, 6.07) is 20.4. The second-order valence-electron chi connectivity index (χ2n) is 4.79. The highest BCUT2D eigenvalue weighted by molar-refractivity contribution is 6.30. The van der Waals surface area contributed by atoms with Crippen LogP contribution in [0, 0.1) is 11.3 Å². The van der Waals surface area contributed by atoms with Crippen molar-refractivity contribution in [2.45, 2.75) is 0 Å². The van der Waals surface area contributed by atoms with E-state index in [1.807, 2.05) is 54.6 Å². The fraction of sp³-hybridized carbons (Fsp3) is 0. The van der Waals surface area contributed by atoms with Crippen molar-refractivity contribution in [2.75, 3.05) is 0 Å². The van der Waals surface area contributed by atoms with E-state index in [0.29, 0.717) is 16.3 Å². The van der Waals surface area contributed by atoms with Gasteiger partial charge in [0.15, 0.2) is 0 Å². The summed E-state index contributed by atoms with van der Waals surface area (Å²) in [5, 5.41) is 9.90. The normalized spacial score (nSPS) is 10.2. The fourth-order valence-corrected chi connectivity index (χ4v) is 2.43. The Morgan fingerprint density at radius 3 is 2.27 bits per heavy atom. The molecule has 22 heavy (non-hydrogen) atoms. The van der Waals surface area contributed by atoms with Gasteiger partial charge in [0.25, 0.3) is 5.56 Å². The lowest BCUT2D eigenvalue weighted by molar-refractivity contribution is 1.22. The molecule has 2 aromatic carbocycles. The van der Waals surface area contributed by atoms with Crippen LogP contribution in [0.5, 0.6) is 0 Å². The van der Waals surface area contributed by atoms with E-state index >= 15 is 0 Å². The average molecular weight is 307 g/mol. The van der Waals surface area contributed by atoms with Crippen LogP contribution in [0.4, 0.5) is 0 Å². The molecule has 106 valence electrons. The molecule has 1 heterocycles. The van der Waals surface area contributed by atoms with E-state index in [2.05, 4.69) is 4.98 Å². The maximum absolute atomic E-state index is 12.2. The number of aromatic nitrogens is 1. The van der Waals surface area contributed by atoms with Gasteiger partial charge in [-0.3, -0.25) is 4.79 Å². The first-order chi connectivity index (χ1) is 10.7. The minimum atomic E-state index is -0.395. The molecular formula is C18H11ClN2O. The van der Waals surface area contributed by atoms with Gasteiger partial charge in [-0.1, -0.05) is 54.1 Å². The summed E-state index contributed by atoms with van der Waals surface area (Å²) in [4.78, 5) is 15.0. The Morgan fingerprint density at radius 2 is 1.64 bits per heavy atom. The minimum absolute atomic E-state index is 0.115. The molecular weight excluding hydrogens is 296 g/mol. The van der Waals surface area contributed by atoms with Crippen LogP contribution in [0.15, 0.2) is 65.5 Å². The number of nitrogens with one attached hydrogen (secondary N) is 1. The Hall–Kier alpha value is -2.83. The summed E-state index contributed by atoms with van der Waals surface area (Å²) in [5.74, 6) is 0. The van der Waals surface area contributed by atoms with Crippen molar-refractivity contribution in [3.63, 3.8) is 0 Å². The van der Waals surface area contributed by atoms with Gasteiger partial charge in [0.2, 0.25) is 0 Å². The maximum Gasteiger partial charge on any atom is 0.266 e. The summed E-state index contributed by atoms with van der Waals surface area (Å²) in [7, 11) is 0. The summed E-state index contributed by atoms with van der Waals surface area (Å²) in [6.07, 6.45) is 0. The highest BCUT2D eigenvalue weighted by Gasteiger charge is 2.12. The Kier molecular flexibility index (Phi) is 3.78. The van der Waals surface area contributed by atoms with Gasteiger partial charge in [0.1, 0.15) is 11.6 Å². The van der Waals surface area contributed by atoms with Crippen LogP contribution in [0.3, 0.4) is 0 Å². The molecule has 0 aliphatic carbocycles. The highest BCUT2D eigenvalue weighted by atomic mass is 35.5. The lowest BCUT2D eigenvalue weighted by atomic mass is 9.99. The molecule has 0 atom stereocenters. The molecule has 1 aromatic heterocycles. The Balaban J connectivity index is 2.24. The number of rotatable bonds is 2. The van der Waals surface area contributed by atoms with Gasteiger partial charge < -0.3 is 4.98 Å². The van der Waals surface area contributed by atoms with E-state index < -0.39 is 5.56 Å². The molecule has 0 saturated carbocycles. The van der Waals surface area contributed by atoms with Gasteiger partial charge in [-0.05, 0) is 29.3 Å². The number of aromatic amines is 1. The highest BCUT2D eigenvalue weighted by Crippen LogP contribution is 2.26. The van der Waals surface area contributed by atoms with Crippen LogP contribution in [0.2, 0.25) is 5.02 Å². The molecule has 0 spiro atoms. The van der Waals surface area contributed by atoms with E-state index in [1.165, 1.54) is 0 Å². The van der Waals surface area contributed by atoms with Crippen molar-refractivity contribution in [2.24, 2.45) is 0 Å². The van der Waals surface area contributed by atoms with Gasteiger partial charge in [-0.2, -0.15) is 5.26 Å². The van der Waals surface area contributed by atoms with Crippen molar-refractivity contribution >= 4 is 11.6 Å². The second-order valence-corrected chi connectivity index (χ2v) is 5.22. The average Bonchev–Trinajstić information content (AvgIpc) is 2.55. The molecule has 0 fully saturated rings. The predicted octanol–water partition coefficient (Wildman–Crippen LogP) is 4.23. The third kappa shape index (κ3) is 2.65. The monoisotopic (exact) mass is 306 g/mol. The van der Waals surface area contributed by atoms with E-state index in [1.54, 1.807) is 12.1 Å². The SMILES string of the molecule is N#Cc1c(-c2ccccc2)cc(-c2ccc(Cl)cc2)[nH]c1=O. The zero-order valence-corrected chi connectivity index (χ0v) is 12.3. The van der Waals surface area contributed by atoms with Crippen LogP contribution in [0.25, 0.3) is 22.4 Å². The van der Waals surface area contributed by atoms with Crippen LogP contribution >= 0.6 is 11.6 Å². The zero-order valence-electron chi connectivity index (χ0n) is 11.5. The van der Waals surface area contributed by atoms with Gasteiger partial charge >= 0.3 is 0 Å². The molecule has 0 aliphatic rings. The Bertz CT molecular complexity index is 907. The topological polar surface area (TPSA) is 56.6 Å². The summed E-state index contributed by atoms with van der Waals surface area (Å²) in [5.41, 5.74) is 2.66. The quantitative estimate of drug-likeness (QED) is 0.770. The van der Waals surface area contributed by atoms with Crippen molar-refractivity contribution in [3.05, 3.63) is 81.6 Å². The van der Waals surface area contributed by atoms with Gasteiger partial charge in [-0.15, -0.1) is 0 Å². The molecule has 0 unspecified atom stereocenters. The van der Waals surface area contributed by atoms with E-state index in [9.17, 15) is 10.1 Å².